The molecule has 4 nitrogen and oxygen atoms in total. The van der Waals surface area contributed by atoms with Gasteiger partial charge in [0.1, 0.15) is 0 Å². The lowest BCUT2D eigenvalue weighted by Gasteiger charge is -2.20. The molecule has 5 rings (SSSR count). The minimum Gasteiger partial charge on any atom is -0.353 e. The number of hydrogen-bond acceptors (Lipinski definition) is 4. The van der Waals surface area contributed by atoms with Gasteiger partial charge in [-0.05, 0) is 42.4 Å². The van der Waals surface area contributed by atoms with Gasteiger partial charge in [0.15, 0.2) is 0 Å². The van der Waals surface area contributed by atoms with E-state index >= 15 is 0 Å². The van der Waals surface area contributed by atoms with E-state index in [4.69, 9.17) is 0 Å². The molecular weight excluding hydrogens is 284 g/mol. The minimum absolute atomic E-state index is 0.642. The fourth-order valence-corrected chi connectivity index (χ4v) is 4.70. The molecule has 0 saturated heterocycles. The third-order valence-electron chi connectivity index (χ3n) is 6.00. The molecule has 2 fully saturated rings. The molecule has 2 saturated carbocycles. The molecule has 1 N–H and O–H groups in total. The van der Waals surface area contributed by atoms with Crippen LogP contribution >= 0.6 is 0 Å². The highest BCUT2D eigenvalue weighted by atomic mass is 15.2. The molecule has 0 radical (unpaired) electrons. The second-order valence-corrected chi connectivity index (χ2v) is 7.16. The van der Waals surface area contributed by atoms with Gasteiger partial charge in [0, 0.05) is 12.1 Å². The number of hydrogen-bond donors (Lipinski definition) is 1. The summed E-state index contributed by atoms with van der Waals surface area (Å²) >= 11 is 0. The Kier molecular flexibility index (Phi) is 2.81. The lowest BCUT2D eigenvalue weighted by Crippen LogP contribution is -2.21. The lowest BCUT2D eigenvalue weighted by molar-refractivity contribution is 0.370. The van der Waals surface area contributed by atoms with Crippen molar-refractivity contribution in [3.8, 4) is 11.3 Å². The standard InChI is InChI=1S/C19H20N4/c1-2-4-13(5-3-1)17-12-21-23-18(22-17)20-11-14-10-15-6-7-16(14)19(15)8-9-19/h1-7,12,14-16H,8-11H2,(H,20,22,23)/t14-,15-,16-/m1/s1. The van der Waals surface area contributed by atoms with Crippen molar-refractivity contribution in [2.24, 2.45) is 23.2 Å². The summed E-state index contributed by atoms with van der Waals surface area (Å²) in [6.07, 6.45) is 10.8. The Labute approximate surface area is 136 Å². The fourth-order valence-electron chi connectivity index (χ4n) is 4.70. The Hall–Kier alpha value is -2.23. The molecule has 1 aromatic carbocycles. The van der Waals surface area contributed by atoms with Crippen LogP contribution in [0.2, 0.25) is 0 Å². The fraction of sp³-hybridized carbons (Fsp3) is 0.421. The van der Waals surface area contributed by atoms with Crippen LogP contribution in [0.1, 0.15) is 19.3 Å². The van der Waals surface area contributed by atoms with Crippen molar-refractivity contribution in [2.45, 2.75) is 19.3 Å². The van der Waals surface area contributed by atoms with Gasteiger partial charge < -0.3 is 5.32 Å². The summed E-state index contributed by atoms with van der Waals surface area (Å²) in [5, 5.41) is 11.7. The Morgan fingerprint density at radius 1 is 1.13 bits per heavy atom. The Bertz CT molecular complexity index is 751. The van der Waals surface area contributed by atoms with Gasteiger partial charge in [0.05, 0.1) is 11.9 Å². The van der Waals surface area contributed by atoms with Crippen LogP contribution in [0.4, 0.5) is 5.95 Å². The summed E-state index contributed by atoms with van der Waals surface area (Å²) in [7, 11) is 0. The summed E-state index contributed by atoms with van der Waals surface area (Å²) in [6, 6.07) is 10.1. The second kappa shape index (κ2) is 4.88. The number of anilines is 1. The first-order valence-corrected chi connectivity index (χ1v) is 8.52. The highest BCUT2D eigenvalue weighted by Crippen LogP contribution is 2.70. The van der Waals surface area contributed by atoms with E-state index in [0.29, 0.717) is 11.4 Å². The first-order valence-electron chi connectivity index (χ1n) is 8.52. The molecule has 2 bridgehead atoms. The number of nitrogens with zero attached hydrogens (tertiary/aromatic N) is 3. The average molecular weight is 304 g/mol. The molecular formula is C19H20N4. The van der Waals surface area contributed by atoms with Gasteiger partial charge in [-0.25, -0.2) is 4.98 Å². The number of rotatable bonds is 4. The van der Waals surface area contributed by atoms with Crippen LogP contribution in [0, 0.1) is 23.2 Å². The molecule has 1 heterocycles. The van der Waals surface area contributed by atoms with Crippen molar-refractivity contribution in [1.29, 1.82) is 0 Å². The van der Waals surface area contributed by atoms with Crippen molar-refractivity contribution in [3.63, 3.8) is 0 Å². The molecule has 23 heavy (non-hydrogen) atoms. The van der Waals surface area contributed by atoms with E-state index in [9.17, 15) is 0 Å². The highest BCUT2D eigenvalue weighted by molar-refractivity contribution is 5.58. The molecule has 0 aliphatic heterocycles. The first kappa shape index (κ1) is 13.2. The van der Waals surface area contributed by atoms with Gasteiger partial charge in [0.2, 0.25) is 5.95 Å². The molecule has 116 valence electrons. The minimum atomic E-state index is 0.642. The summed E-state index contributed by atoms with van der Waals surface area (Å²) in [6.45, 7) is 0.952. The lowest BCUT2D eigenvalue weighted by atomic mass is 9.89. The quantitative estimate of drug-likeness (QED) is 0.878. The maximum Gasteiger partial charge on any atom is 0.243 e. The van der Waals surface area contributed by atoms with Crippen LogP contribution in [0.5, 0.6) is 0 Å². The van der Waals surface area contributed by atoms with Crippen LogP contribution < -0.4 is 5.32 Å². The van der Waals surface area contributed by atoms with Gasteiger partial charge >= 0.3 is 0 Å². The zero-order valence-corrected chi connectivity index (χ0v) is 13.0. The average Bonchev–Trinajstić information content (AvgIpc) is 3.28. The van der Waals surface area contributed by atoms with E-state index in [1.54, 1.807) is 6.20 Å². The van der Waals surface area contributed by atoms with Gasteiger partial charge in [-0.2, -0.15) is 5.10 Å². The van der Waals surface area contributed by atoms with E-state index in [-0.39, 0.29) is 0 Å². The van der Waals surface area contributed by atoms with Crippen LogP contribution in [-0.4, -0.2) is 21.7 Å². The number of aromatic nitrogens is 3. The zero-order chi connectivity index (χ0) is 15.3. The molecule has 1 aromatic heterocycles. The first-order chi connectivity index (χ1) is 11.4. The number of benzene rings is 1. The third-order valence-corrected chi connectivity index (χ3v) is 6.00. The summed E-state index contributed by atoms with van der Waals surface area (Å²) in [5.74, 6) is 2.96. The van der Waals surface area contributed by atoms with Crippen LogP contribution in [0.15, 0.2) is 48.7 Å². The summed E-state index contributed by atoms with van der Waals surface area (Å²) < 4.78 is 0. The SMILES string of the molecule is C1=C[C@@H]2[C@@H](CNc3nncc(-c4ccccc4)n3)C[C@@H]1C21CC1. The van der Waals surface area contributed by atoms with Crippen molar-refractivity contribution in [3.05, 3.63) is 48.7 Å². The second-order valence-electron chi connectivity index (χ2n) is 7.16. The predicted octanol–water partition coefficient (Wildman–Crippen LogP) is 3.55. The molecule has 0 amide bonds. The largest absolute Gasteiger partial charge is 0.353 e. The van der Waals surface area contributed by atoms with Crippen molar-refractivity contribution in [1.82, 2.24) is 15.2 Å². The van der Waals surface area contributed by atoms with Crippen molar-refractivity contribution >= 4 is 5.95 Å². The molecule has 0 unspecified atom stereocenters. The van der Waals surface area contributed by atoms with Crippen molar-refractivity contribution in [2.75, 3.05) is 11.9 Å². The number of nitrogens with one attached hydrogen (secondary N) is 1. The highest BCUT2D eigenvalue weighted by Gasteiger charge is 2.62. The monoisotopic (exact) mass is 304 g/mol. The van der Waals surface area contributed by atoms with Gasteiger partial charge in [-0.1, -0.05) is 42.5 Å². The van der Waals surface area contributed by atoms with Crippen molar-refractivity contribution < 1.29 is 0 Å². The Morgan fingerprint density at radius 2 is 2.00 bits per heavy atom. The maximum absolute atomic E-state index is 4.62. The third kappa shape index (κ3) is 2.08. The van der Waals surface area contributed by atoms with E-state index in [1.807, 2.05) is 30.3 Å². The van der Waals surface area contributed by atoms with E-state index < -0.39 is 0 Å². The zero-order valence-electron chi connectivity index (χ0n) is 13.0. The normalized spacial score (nSPS) is 29.1. The van der Waals surface area contributed by atoms with E-state index in [0.717, 1.165) is 35.6 Å². The number of allylic oxidation sites excluding steroid dienone is 2. The van der Waals surface area contributed by atoms with Crippen LogP contribution in [-0.2, 0) is 0 Å². The van der Waals surface area contributed by atoms with Gasteiger partial charge in [-0.3, -0.25) is 0 Å². The Morgan fingerprint density at radius 3 is 2.78 bits per heavy atom. The molecule has 2 aromatic rings. The van der Waals surface area contributed by atoms with E-state index in [1.165, 1.54) is 19.3 Å². The topological polar surface area (TPSA) is 50.7 Å². The smallest absolute Gasteiger partial charge is 0.243 e. The van der Waals surface area contributed by atoms with E-state index in [2.05, 4.69) is 32.7 Å². The summed E-state index contributed by atoms with van der Waals surface area (Å²) in [5.41, 5.74) is 2.59. The maximum atomic E-state index is 4.62. The molecule has 4 heteroatoms. The predicted molar refractivity (Wildman–Crippen MR) is 89.6 cm³/mol. The molecule has 3 aliphatic rings. The molecule has 3 aliphatic carbocycles. The molecule has 3 atom stereocenters. The Balaban J connectivity index is 1.30. The molecule has 1 spiro atoms. The van der Waals surface area contributed by atoms with Crippen LogP contribution in [0.3, 0.4) is 0 Å². The van der Waals surface area contributed by atoms with Crippen LogP contribution in [0.25, 0.3) is 11.3 Å². The van der Waals surface area contributed by atoms with Gasteiger partial charge in [0.25, 0.3) is 0 Å². The summed E-state index contributed by atoms with van der Waals surface area (Å²) in [4.78, 5) is 4.62. The van der Waals surface area contributed by atoms with Gasteiger partial charge in [-0.15, -0.1) is 5.10 Å².